The summed E-state index contributed by atoms with van der Waals surface area (Å²) in [6.07, 6.45) is 1.45. The van der Waals surface area contributed by atoms with Gasteiger partial charge in [0.25, 0.3) is 0 Å². The summed E-state index contributed by atoms with van der Waals surface area (Å²) in [6.45, 7) is 3.22. The van der Waals surface area contributed by atoms with E-state index < -0.39 is 10.0 Å². The summed E-state index contributed by atoms with van der Waals surface area (Å²) >= 11 is 0. The van der Waals surface area contributed by atoms with E-state index in [0.29, 0.717) is 11.3 Å². The van der Waals surface area contributed by atoms with Crippen molar-refractivity contribution in [3.05, 3.63) is 23.3 Å². The number of sulfonamides is 1. The van der Waals surface area contributed by atoms with Gasteiger partial charge in [0, 0.05) is 12.1 Å². The molecule has 0 saturated carbocycles. The fourth-order valence-corrected chi connectivity index (χ4v) is 2.66. The number of aromatic nitrogens is 2. The fourth-order valence-electron chi connectivity index (χ4n) is 1.44. The van der Waals surface area contributed by atoms with Crippen LogP contribution in [0, 0.1) is 13.8 Å². The lowest BCUT2D eigenvalue weighted by Crippen LogP contribution is -2.24. The Labute approximate surface area is 103 Å². The third-order valence-electron chi connectivity index (χ3n) is 2.41. The summed E-state index contributed by atoms with van der Waals surface area (Å²) in [5.41, 5.74) is 6.10. The van der Waals surface area contributed by atoms with Gasteiger partial charge in [0.2, 0.25) is 10.0 Å². The van der Waals surface area contributed by atoms with Crippen molar-refractivity contribution in [1.29, 1.82) is 0 Å². The van der Waals surface area contributed by atoms with E-state index in [1.165, 1.54) is 13.1 Å². The number of hydrogen-bond acceptors (Lipinski definition) is 7. The molecular formula is C9H12N4O4S. The zero-order valence-electron chi connectivity index (χ0n) is 9.80. The topological polar surface area (TPSA) is 124 Å². The molecule has 0 bridgehead atoms. The maximum atomic E-state index is 12.0. The standard InChI is InChI=1S/C9H12N4O4S/c1-5-7(3-11-16-5)4-12-18(14,15)8-6(2)17-13-9(8)10/h3,12H,4H2,1-2H3,(H2,10,13). The van der Waals surface area contributed by atoms with E-state index in [9.17, 15) is 8.42 Å². The molecule has 0 aliphatic heterocycles. The first kappa shape index (κ1) is 12.6. The Morgan fingerprint density at radius 2 is 2.06 bits per heavy atom. The molecule has 18 heavy (non-hydrogen) atoms. The highest BCUT2D eigenvalue weighted by Crippen LogP contribution is 2.21. The van der Waals surface area contributed by atoms with Gasteiger partial charge in [-0.3, -0.25) is 0 Å². The molecule has 2 aromatic rings. The Balaban J connectivity index is 2.21. The first-order chi connectivity index (χ1) is 8.42. The van der Waals surface area contributed by atoms with Crippen LogP contribution in [0.1, 0.15) is 17.1 Å². The molecule has 3 N–H and O–H groups in total. The van der Waals surface area contributed by atoms with Gasteiger partial charge in [-0.15, -0.1) is 0 Å². The first-order valence-electron chi connectivity index (χ1n) is 5.03. The molecule has 9 heteroatoms. The van der Waals surface area contributed by atoms with Crippen molar-refractivity contribution in [2.75, 3.05) is 5.73 Å². The van der Waals surface area contributed by atoms with E-state index in [4.69, 9.17) is 14.8 Å². The molecule has 2 heterocycles. The van der Waals surface area contributed by atoms with Crippen LogP contribution in [-0.2, 0) is 16.6 Å². The number of hydrogen-bond donors (Lipinski definition) is 2. The summed E-state index contributed by atoms with van der Waals surface area (Å²) < 4.78 is 35.9. The summed E-state index contributed by atoms with van der Waals surface area (Å²) in [7, 11) is -3.77. The van der Waals surface area contributed by atoms with Crippen molar-refractivity contribution in [1.82, 2.24) is 15.0 Å². The second-order valence-electron chi connectivity index (χ2n) is 3.68. The van der Waals surface area contributed by atoms with Crippen LogP contribution in [0.25, 0.3) is 0 Å². The Kier molecular flexibility index (Phi) is 3.09. The Morgan fingerprint density at radius 1 is 1.33 bits per heavy atom. The van der Waals surface area contributed by atoms with Gasteiger partial charge in [0.1, 0.15) is 5.76 Å². The molecule has 0 fully saturated rings. The third kappa shape index (κ3) is 2.22. The quantitative estimate of drug-likeness (QED) is 0.822. The van der Waals surface area contributed by atoms with E-state index >= 15 is 0 Å². The van der Waals surface area contributed by atoms with E-state index in [2.05, 4.69) is 15.0 Å². The van der Waals surface area contributed by atoms with Crippen LogP contribution in [0.5, 0.6) is 0 Å². The molecule has 0 radical (unpaired) electrons. The lowest BCUT2D eigenvalue weighted by molar-refractivity contribution is 0.396. The highest BCUT2D eigenvalue weighted by Gasteiger charge is 2.25. The highest BCUT2D eigenvalue weighted by atomic mass is 32.2. The molecule has 0 aromatic carbocycles. The van der Waals surface area contributed by atoms with Crippen LogP contribution in [0.4, 0.5) is 5.82 Å². The smallest absolute Gasteiger partial charge is 0.248 e. The van der Waals surface area contributed by atoms with Crippen molar-refractivity contribution in [3.8, 4) is 0 Å². The van der Waals surface area contributed by atoms with Gasteiger partial charge in [-0.25, -0.2) is 13.1 Å². The first-order valence-corrected chi connectivity index (χ1v) is 6.51. The number of anilines is 1. The van der Waals surface area contributed by atoms with Gasteiger partial charge < -0.3 is 14.8 Å². The van der Waals surface area contributed by atoms with E-state index in [1.807, 2.05) is 0 Å². The summed E-state index contributed by atoms with van der Waals surface area (Å²) in [6, 6.07) is 0. The average molecular weight is 272 g/mol. The molecular weight excluding hydrogens is 260 g/mol. The van der Waals surface area contributed by atoms with Gasteiger partial charge in [-0.2, -0.15) is 0 Å². The van der Waals surface area contributed by atoms with E-state index in [1.54, 1.807) is 6.92 Å². The van der Waals surface area contributed by atoms with Crippen molar-refractivity contribution in [3.63, 3.8) is 0 Å². The van der Waals surface area contributed by atoms with Gasteiger partial charge in [-0.1, -0.05) is 10.3 Å². The predicted octanol–water partition coefficient (Wildman–Crippen LogP) is 0.340. The zero-order valence-corrected chi connectivity index (χ0v) is 10.6. The maximum absolute atomic E-state index is 12.0. The molecule has 0 saturated heterocycles. The maximum Gasteiger partial charge on any atom is 0.248 e. The van der Waals surface area contributed by atoms with Gasteiger partial charge >= 0.3 is 0 Å². The van der Waals surface area contributed by atoms with Crippen LogP contribution in [-0.4, -0.2) is 18.7 Å². The largest absolute Gasteiger partial charge is 0.380 e. The minimum Gasteiger partial charge on any atom is -0.380 e. The Hall–Kier alpha value is -1.87. The molecule has 0 spiro atoms. The molecule has 2 rings (SSSR count). The normalized spacial score (nSPS) is 11.9. The Morgan fingerprint density at radius 3 is 2.56 bits per heavy atom. The molecule has 0 aliphatic carbocycles. The number of nitrogens with one attached hydrogen (secondary N) is 1. The molecule has 2 aromatic heterocycles. The van der Waals surface area contributed by atoms with Crippen LogP contribution < -0.4 is 10.5 Å². The number of nitrogen functional groups attached to an aromatic ring is 1. The van der Waals surface area contributed by atoms with Crippen LogP contribution in [0.3, 0.4) is 0 Å². The summed E-state index contributed by atoms with van der Waals surface area (Å²) in [5.74, 6) is 0.525. The van der Waals surface area contributed by atoms with Crippen LogP contribution >= 0.6 is 0 Å². The van der Waals surface area contributed by atoms with Gasteiger partial charge in [-0.05, 0) is 13.8 Å². The predicted molar refractivity (Wildman–Crippen MR) is 60.9 cm³/mol. The third-order valence-corrected chi connectivity index (χ3v) is 3.96. The minimum atomic E-state index is -3.77. The molecule has 0 amide bonds. The Bertz CT molecular complexity index is 638. The average Bonchev–Trinajstić information content (AvgIpc) is 2.83. The summed E-state index contributed by atoms with van der Waals surface area (Å²) in [5, 5.41) is 6.95. The number of aryl methyl sites for hydroxylation is 2. The lowest BCUT2D eigenvalue weighted by atomic mass is 10.3. The van der Waals surface area contributed by atoms with Gasteiger partial charge in [0.05, 0.1) is 6.20 Å². The van der Waals surface area contributed by atoms with E-state index in [0.717, 1.165) is 0 Å². The highest BCUT2D eigenvalue weighted by molar-refractivity contribution is 7.89. The van der Waals surface area contributed by atoms with Crippen molar-refractivity contribution in [2.24, 2.45) is 0 Å². The minimum absolute atomic E-state index is 0.0573. The molecule has 0 aliphatic rings. The SMILES string of the molecule is Cc1oncc1CNS(=O)(=O)c1c(N)noc1C. The van der Waals surface area contributed by atoms with Gasteiger partial charge in [0.15, 0.2) is 16.5 Å². The fraction of sp³-hybridized carbons (Fsp3) is 0.333. The molecule has 0 atom stereocenters. The molecule has 0 unspecified atom stereocenters. The second kappa shape index (κ2) is 4.42. The summed E-state index contributed by atoms with van der Waals surface area (Å²) in [4.78, 5) is -0.142. The van der Waals surface area contributed by atoms with Crippen molar-refractivity contribution < 1.29 is 17.5 Å². The van der Waals surface area contributed by atoms with Crippen molar-refractivity contribution >= 4 is 15.8 Å². The monoisotopic (exact) mass is 272 g/mol. The molecule has 8 nitrogen and oxygen atoms in total. The number of nitrogens with two attached hydrogens (primary N) is 1. The lowest BCUT2D eigenvalue weighted by Gasteiger charge is -2.04. The number of nitrogens with zero attached hydrogens (tertiary/aromatic N) is 2. The molecule has 98 valence electrons. The second-order valence-corrected chi connectivity index (χ2v) is 5.39. The van der Waals surface area contributed by atoms with E-state index in [-0.39, 0.29) is 23.0 Å². The zero-order chi connectivity index (χ0) is 13.3. The van der Waals surface area contributed by atoms with Crippen molar-refractivity contribution in [2.45, 2.75) is 25.3 Å². The number of rotatable bonds is 4. The van der Waals surface area contributed by atoms with Crippen LogP contribution in [0.15, 0.2) is 20.1 Å². The van der Waals surface area contributed by atoms with Crippen LogP contribution in [0.2, 0.25) is 0 Å².